The number of carbonyl (C=O) groups excluding carboxylic acids is 3. The smallest absolute Gasteiger partial charge is 0.254 e. The van der Waals surface area contributed by atoms with Gasteiger partial charge >= 0.3 is 0 Å². The Labute approximate surface area is 193 Å². The summed E-state index contributed by atoms with van der Waals surface area (Å²) in [5, 5.41) is 3.07. The number of carbonyl (C=O) groups is 3. The number of nitrogens with two attached hydrogens (primary N) is 1. The third kappa shape index (κ3) is 4.90. The van der Waals surface area contributed by atoms with E-state index in [1.54, 1.807) is 25.4 Å². The molecule has 1 atom stereocenters. The molecule has 33 heavy (non-hydrogen) atoms. The van der Waals surface area contributed by atoms with Crippen molar-refractivity contribution < 1.29 is 19.1 Å². The summed E-state index contributed by atoms with van der Waals surface area (Å²) in [6, 6.07) is 12.8. The van der Waals surface area contributed by atoms with Crippen LogP contribution in [0, 0.1) is 5.41 Å². The predicted molar refractivity (Wildman–Crippen MR) is 122 cm³/mol. The van der Waals surface area contributed by atoms with Crippen molar-refractivity contribution in [2.24, 2.45) is 11.1 Å². The summed E-state index contributed by atoms with van der Waals surface area (Å²) in [5.41, 5.74) is 6.91. The van der Waals surface area contributed by atoms with Crippen molar-refractivity contribution in [2.45, 2.75) is 56.7 Å². The monoisotopic (exact) mass is 450 g/mol. The van der Waals surface area contributed by atoms with E-state index in [1.807, 2.05) is 30.3 Å². The number of imide groups is 1. The van der Waals surface area contributed by atoms with E-state index < -0.39 is 11.9 Å². The molecule has 174 valence electrons. The Morgan fingerprint density at radius 1 is 1.21 bits per heavy atom. The lowest BCUT2D eigenvalue weighted by Gasteiger charge is -2.58. The molecule has 1 aromatic carbocycles. The van der Waals surface area contributed by atoms with Crippen LogP contribution in [0.2, 0.25) is 0 Å². The number of hydrogen-bond acceptors (Lipinski definition) is 6. The van der Waals surface area contributed by atoms with Crippen molar-refractivity contribution in [3.8, 4) is 5.88 Å². The number of aromatic nitrogens is 1. The van der Waals surface area contributed by atoms with Crippen molar-refractivity contribution in [1.29, 1.82) is 0 Å². The van der Waals surface area contributed by atoms with Crippen molar-refractivity contribution in [3.05, 3.63) is 59.8 Å². The summed E-state index contributed by atoms with van der Waals surface area (Å²) < 4.78 is 5.90. The summed E-state index contributed by atoms with van der Waals surface area (Å²) in [4.78, 5) is 41.9. The van der Waals surface area contributed by atoms with Crippen LogP contribution >= 0.6 is 0 Å². The van der Waals surface area contributed by atoms with E-state index in [2.05, 4.69) is 10.3 Å². The van der Waals surface area contributed by atoms with Gasteiger partial charge in [-0.2, -0.15) is 0 Å². The molecule has 0 saturated heterocycles. The van der Waals surface area contributed by atoms with Gasteiger partial charge in [0.05, 0.1) is 6.04 Å². The maximum Gasteiger partial charge on any atom is 0.254 e. The Hall–Kier alpha value is -3.26. The van der Waals surface area contributed by atoms with Crippen LogP contribution in [-0.4, -0.2) is 53.3 Å². The molecule has 2 aliphatic rings. The third-order valence-corrected chi connectivity index (χ3v) is 6.95. The molecule has 3 N–H and O–H groups in total. The highest BCUT2D eigenvalue weighted by atomic mass is 16.5. The van der Waals surface area contributed by atoms with Gasteiger partial charge in [0.15, 0.2) is 0 Å². The Balaban J connectivity index is 1.28. The van der Waals surface area contributed by atoms with Gasteiger partial charge in [0.2, 0.25) is 18.2 Å². The molecule has 1 spiro atoms. The fraction of sp³-hybridized carbons (Fsp3) is 0.440. The second-order valence-electron chi connectivity index (χ2n) is 9.15. The van der Waals surface area contributed by atoms with Gasteiger partial charge in [0, 0.05) is 12.2 Å². The SMILES string of the molecule is CNC(CCc1ccccc1)C(=O)N(C=O)[C@H]1CC2(C[C@H](Oc3ncccc3C(N)=O)C2)C1. The van der Waals surface area contributed by atoms with Crippen molar-refractivity contribution >= 4 is 18.2 Å². The standard InChI is InChI=1S/C25H30N4O4/c1-27-21(10-9-17-6-3-2-4-7-17)24(32)29(16-30)18-12-25(13-18)14-19(15-25)33-23-20(22(26)31)8-5-11-28-23/h2-8,11,16,18-19,21,27H,9-10,12-15H2,1H3,(H2,26,31)/t18-,19-,21?,25?. The van der Waals surface area contributed by atoms with E-state index in [4.69, 9.17) is 10.5 Å². The van der Waals surface area contributed by atoms with Crippen LogP contribution in [0.25, 0.3) is 0 Å². The first kappa shape index (κ1) is 22.9. The van der Waals surface area contributed by atoms with Gasteiger partial charge in [-0.25, -0.2) is 4.98 Å². The number of rotatable bonds is 10. The number of likely N-dealkylation sites (N-methyl/N-ethyl adjacent to an activating group) is 1. The van der Waals surface area contributed by atoms with E-state index >= 15 is 0 Å². The van der Waals surface area contributed by atoms with Crippen LogP contribution in [0.4, 0.5) is 0 Å². The Bertz CT molecular complexity index is 998. The summed E-state index contributed by atoms with van der Waals surface area (Å²) in [6.45, 7) is 0. The Morgan fingerprint density at radius 2 is 1.94 bits per heavy atom. The highest BCUT2D eigenvalue weighted by molar-refractivity contribution is 5.95. The maximum atomic E-state index is 13.0. The second kappa shape index (κ2) is 9.70. The fourth-order valence-electron chi connectivity index (χ4n) is 5.13. The lowest BCUT2D eigenvalue weighted by Crippen LogP contribution is -2.61. The number of hydrogen-bond donors (Lipinski definition) is 2. The van der Waals surface area contributed by atoms with Crippen LogP contribution in [0.1, 0.15) is 48.0 Å². The minimum Gasteiger partial charge on any atom is -0.474 e. The summed E-state index contributed by atoms with van der Waals surface area (Å²) in [5.74, 6) is -0.474. The number of ether oxygens (including phenoxy) is 1. The molecule has 3 amide bonds. The number of amides is 3. The minimum atomic E-state index is -0.567. The van der Waals surface area contributed by atoms with Gasteiger partial charge in [-0.3, -0.25) is 19.3 Å². The average molecular weight is 451 g/mol. The molecule has 0 aliphatic heterocycles. The zero-order valence-electron chi connectivity index (χ0n) is 18.8. The number of primary amides is 1. The van der Waals surface area contributed by atoms with Gasteiger partial charge < -0.3 is 15.8 Å². The minimum absolute atomic E-state index is 0.0461. The van der Waals surface area contributed by atoms with E-state index in [-0.39, 0.29) is 34.9 Å². The molecule has 0 radical (unpaired) electrons. The van der Waals surface area contributed by atoms with Crippen LogP contribution < -0.4 is 15.8 Å². The largest absolute Gasteiger partial charge is 0.474 e. The molecule has 2 fully saturated rings. The number of pyridine rings is 1. The number of nitrogens with zero attached hydrogens (tertiary/aromatic N) is 2. The summed E-state index contributed by atoms with van der Waals surface area (Å²) in [6.07, 6.45) is 6.75. The zero-order chi connectivity index (χ0) is 23.4. The molecule has 2 saturated carbocycles. The van der Waals surface area contributed by atoms with Gasteiger partial charge in [-0.15, -0.1) is 0 Å². The normalized spacial score (nSPS) is 24.3. The third-order valence-electron chi connectivity index (χ3n) is 6.95. The van der Waals surface area contributed by atoms with Gasteiger partial charge in [0.25, 0.3) is 5.91 Å². The lowest BCUT2D eigenvalue weighted by molar-refractivity contribution is -0.156. The summed E-state index contributed by atoms with van der Waals surface area (Å²) in [7, 11) is 1.75. The molecule has 1 unspecified atom stereocenters. The predicted octanol–water partition coefficient (Wildman–Crippen LogP) is 2.08. The van der Waals surface area contributed by atoms with Crippen molar-refractivity contribution in [3.63, 3.8) is 0 Å². The van der Waals surface area contributed by atoms with Gasteiger partial charge in [-0.1, -0.05) is 30.3 Å². The van der Waals surface area contributed by atoms with Crippen LogP contribution in [0.5, 0.6) is 5.88 Å². The van der Waals surface area contributed by atoms with Crippen LogP contribution in [0.3, 0.4) is 0 Å². The van der Waals surface area contributed by atoms with Crippen LogP contribution in [0.15, 0.2) is 48.7 Å². The second-order valence-corrected chi connectivity index (χ2v) is 9.15. The molecule has 8 heteroatoms. The maximum absolute atomic E-state index is 13.0. The first-order valence-electron chi connectivity index (χ1n) is 11.3. The lowest BCUT2D eigenvalue weighted by atomic mass is 9.52. The molecular weight excluding hydrogens is 420 g/mol. The molecular formula is C25H30N4O4. The number of benzene rings is 1. The zero-order valence-corrected chi connectivity index (χ0v) is 18.8. The highest BCUT2D eigenvalue weighted by Gasteiger charge is 2.56. The van der Waals surface area contributed by atoms with Crippen molar-refractivity contribution in [2.75, 3.05) is 7.05 Å². The molecule has 2 aliphatic carbocycles. The van der Waals surface area contributed by atoms with Gasteiger partial charge in [-0.05, 0) is 68.7 Å². The summed E-state index contributed by atoms with van der Waals surface area (Å²) >= 11 is 0. The van der Waals surface area contributed by atoms with Crippen molar-refractivity contribution in [1.82, 2.24) is 15.2 Å². The number of aryl methyl sites for hydroxylation is 1. The Kier molecular flexibility index (Phi) is 6.74. The van der Waals surface area contributed by atoms with E-state index in [0.717, 1.165) is 32.1 Å². The molecule has 1 aromatic heterocycles. The van der Waals surface area contributed by atoms with Gasteiger partial charge in [0.1, 0.15) is 11.7 Å². The highest BCUT2D eigenvalue weighted by Crippen LogP contribution is 2.58. The van der Waals surface area contributed by atoms with Crippen LogP contribution in [-0.2, 0) is 16.0 Å². The van der Waals surface area contributed by atoms with E-state index in [0.29, 0.717) is 12.8 Å². The quantitative estimate of drug-likeness (QED) is 0.536. The average Bonchev–Trinajstić information content (AvgIpc) is 2.77. The molecule has 4 rings (SSSR count). The van der Waals surface area contributed by atoms with E-state index in [9.17, 15) is 14.4 Å². The molecule has 0 bridgehead atoms. The number of nitrogens with one attached hydrogen (secondary N) is 1. The van der Waals surface area contributed by atoms with E-state index in [1.165, 1.54) is 10.5 Å². The molecule has 8 nitrogen and oxygen atoms in total. The first-order valence-corrected chi connectivity index (χ1v) is 11.3. The first-order chi connectivity index (χ1) is 15.9. The molecule has 1 heterocycles. The topological polar surface area (TPSA) is 115 Å². The fourth-order valence-corrected chi connectivity index (χ4v) is 5.13. The molecule has 2 aromatic rings. The Morgan fingerprint density at radius 3 is 2.58 bits per heavy atom.